The van der Waals surface area contributed by atoms with E-state index in [2.05, 4.69) is 10.5 Å². The number of carbonyl (C=O) groups excluding carboxylic acids is 1. The molecule has 142 valence electrons. The summed E-state index contributed by atoms with van der Waals surface area (Å²) in [6.07, 6.45) is 7.57. The van der Waals surface area contributed by atoms with Crippen LogP contribution < -0.4 is 10.1 Å². The molecule has 0 aromatic carbocycles. The lowest BCUT2D eigenvalue weighted by molar-refractivity contribution is -0.130. The second-order valence-corrected chi connectivity index (χ2v) is 6.66. The average Bonchev–Trinajstić information content (AvgIpc) is 3.22. The number of β-amino-alcohol motifs (C(OH)–C–C–N with tert-alkyl or cyclic N) is 1. The van der Waals surface area contributed by atoms with E-state index in [0.29, 0.717) is 37.8 Å². The lowest BCUT2D eigenvalue weighted by atomic mass is 10.1. The zero-order valence-corrected chi connectivity index (χ0v) is 15.2. The Balaban J connectivity index is 1.54. The minimum absolute atomic E-state index is 0.0440. The molecular formula is C18H31N3O4. The van der Waals surface area contributed by atoms with Crippen molar-refractivity contribution in [2.24, 2.45) is 0 Å². The highest BCUT2D eigenvalue weighted by Crippen LogP contribution is 2.16. The molecule has 2 N–H and O–H groups in total. The van der Waals surface area contributed by atoms with Crippen LogP contribution in [-0.4, -0.2) is 60.5 Å². The molecule has 1 saturated heterocycles. The highest BCUT2D eigenvalue weighted by Gasteiger charge is 2.25. The molecule has 0 bridgehead atoms. The molecule has 1 unspecified atom stereocenters. The van der Waals surface area contributed by atoms with Crippen LogP contribution in [0, 0.1) is 0 Å². The number of hydrogen-bond donors (Lipinski definition) is 2. The van der Waals surface area contributed by atoms with Gasteiger partial charge in [-0.05, 0) is 38.0 Å². The number of likely N-dealkylation sites (tertiary alicyclic amines) is 1. The highest BCUT2D eigenvalue weighted by atomic mass is 16.5. The molecule has 0 radical (unpaired) electrons. The van der Waals surface area contributed by atoms with Gasteiger partial charge in [-0.3, -0.25) is 4.79 Å². The molecule has 2 heterocycles. The van der Waals surface area contributed by atoms with Gasteiger partial charge in [-0.25, -0.2) is 0 Å². The Bertz CT molecular complexity index is 506. The Kier molecular flexibility index (Phi) is 8.76. The highest BCUT2D eigenvalue weighted by molar-refractivity contribution is 5.78. The number of unbranched alkanes of at least 4 members (excludes halogenated alkanes) is 5. The van der Waals surface area contributed by atoms with Crippen LogP contribution in [0.1, 0.15) is 50.7 Å². The Labute approximate surface area is 149 Å². The Morgan fingerprint density at radius 1 is 1.36 bits per heavy atom. The van der Waals surface area contributed by atoms with Crippen molar-refractivity contribution in [3.63, 3.8) is 0 Å². The molecule has 7 nitrogen and oxygen atoms in total. The molecule has 2 rings (SSSR count). The molecule has 1 atom stereocenters. The van der Waals surface area contributed by atoms with Crippen molar-refractivity contribution in [1.82, 2.24) is 15.4 Å². The largest absolute Gasteiger partial charge is 0.476 e. The molecule has 1 fully saturated rings. The van der Waals surface area contributed by atoms with E-state index in [1.165, 1.54) is 25.7 Å². The molecule has 1 aliphatic rings. The lowest BCUT2D eigenvalue weighted by Crippen LogP contribution is -2.30. The van der Waals surface area contributed by atoms with Gasteiger partial charge in [0.15, 0.2) is 0 Å². The molecule has 1 aromatic heterocycles. The van der Waals surface area contributed by atoms with E-state index in [-0.39, 0.29) is 12.3 Å². The molecule has 25 heavy (non-hydrogen) atoms. The van der Waals surface area contributed by atoms with E-state index in [9.17, 15) is 9.90 Å². The predicted molar refractivity (Wildman–Crippen MR) is 94.5 cm³/mol. The van der Waals surface area contributed by atoms with Gasteiger partial charge in [0.05, 0.1) is 19.1 Å². The van der Waals surface area contributed by atoms with Crippen molar-refractivity contribution in [2.75, 3.05) is 33.3 Å². The summed E-state index contributed by atoms with van der Waals surface area (Å²) in [5, 5.41) is 16.5. The Morgan fingerprint density at radius 2 is 2.12 bits per heavy atom. The molecular weight excluding hydrogens is 322 g/mol. The van der Waals surface area contributed by atoms with Crippen LogP contribution in [0.4, 0.5) is 0 Å². The van der Waals surface area contributed by atoms with Crippen LogP contribution in [0.25, 0.3) is 0 Å². The van der Waals surface area contributed by atoms with E-state index in [4.69, 9.17) is 9.26 Å². The SMILES string of the molecule is CNCCCCCCCCOc1cc(CC(=O)N2CCC(O)C2)on1. The number of hydrogen-bond acceptors (Lipinski definition) is 6. The third-order valence-electron chi connectivity index (χ3n) is 4.45. The Morgan fingerprint density at radius 3 is 2.84 bits per heavy atom. The monoisotopic (exact) mass is 353 g/mol. The quantitative estimate of drug-likeness (QED) is 0.557. The number of aliphatic hydroxyl groups excluding tert-OH is 1. The van der Waals surface area contributed by atoms with E-state index >= 15 is 0 Å². The fourth-order valence-electron chi connectivity index (χ4n) is 2.96. The summed E-state index contributed by atoms with van der Waals surface area (Å²) in [5.41, 5.74) is 0. The third kappa shape index (κ3) is 7.44. The van der Waals surface area contributed by atoms with Crippen LogP contribution in [0.3, 0.4) is 0 Å². The summed E-state index contributed by atoms with van der Waals surface area (Å²) in [6, 6.07) is 1.68. The van der Waals surface area contributed by atoms with E-state index in [1.807, 2.05) is 7.05 Å². The van der Waals surface area contributed by atoms with Crippen LogP contribution in [0.2, 0.25) is 0 Å². The summed E-state index contributed by atoms with van der Waals surface area (Å²) < 4.78 is 10.7. The number of carbonyl (C=O) groups is 1. The summed E-state index contributed by atoms with van der Waals surface area (Å²) in [6.45, 7) is 2.73. The normalized spacial score (nSPS) is 17.2. The predicted octanol–water partition coefficient (Wildman–Crippen LogP) is 1.75. The van der Waals surface area contributed by atoms with E-state index in [1.54, 1.807) is 11.0 Å². The van der Waals surface area contributed by atoms with Gasteiger partial charge in [-0.15, -0.1) is 0 Å². The first-order valence-electron chi connectivity index (χ1n) is 9.38. The first-order valence-corrected chi connectivity index (χ1v) is 9.38. The first kappa shape index (κ1) is 19.7. The number of nitrogens with zero attached hydrogens (tertiary/aromatic N) is 2. The smallest absolute Gasteiger partial charge is 0.254 e. The van der Waals surface area contributed by atoms with Gasteiger partial charge in [-0.1, -0.05) is 25.7 Å². The van der Waals surface area contributed by atoms with Crippen molar-refractivity contribution in [3.8, 4) is 5.88 Å². The number of aromatic nitrogens is 1. The number of nitrogens with one attached hydrogen (secondary N) is 1. The minimum Gasteiger partial charge on any atom is -0.476 e. The van der Waals surface area contributed by atoms with Gasteiger partial charge in [-0.2, -0.15) is 0 Å². The average molecular weight is 353 g/mol. The minimum atomic E-state index is -0.402. The maximum Gasteiger partial charge on any atom is 0.254 e. The summed E-state index contributed by atoms with van der Waals surface area (Å²) >= 11 is 0. The van der Waals surface area contributed by atoms with Crippen molar-refractivity contribution >= 4 is 5.91 Å². The first-order chi connectivity index (χ1) is 12.2. The third-order valence-corrected chi connectivity index (χ3v) is 4.45. The molecule has 1 amide bonds. The fraction of sp³-hybridized carbons (Fsp3) is 0.778. The second-order valence-electron chi connectivity index (χ2n) is 6.66. The van der Waals surface area contributed by atoms with Crippen LogP contribution in [0.15, 0.2) is 10.6 Å². The number of aliphatic hydroxyl groups is 1. The second kappa shape index (κ2) is 11.1. The zero-order valence-electron chi connectivity index (χ0n) is 15.2. The van der Waals surface area contributed by atoms with Crippen molar-refractivity contribution < 1.29 is 19.2 Å². The fourth-order valence-corrected chi connectivity index (χ4v) is 2.96. The van der Waals surface area contributed by atoms with Crippen molar-refractivity contribution in [3.05, 3.63) is 11.8 Å². The van der Waals surface area contributed by atoms with Crippen LogP contribution in [0.5, 0.6) is 5.88 Å². The van der Waals surface area contributed by atoms with Gasteiger partial charge >= 0.3 is 0 Å². The zero-order chi connectivity index (χ0) is 17.9. The molecule has 0 spiro atoms. The number of amides is 1. The van der Waals surface area contributed by atoms with Gasteiger partial charge in [0.25, 0.3) is 5.88 Å². The van der Waals surface area contributed by atoms with Gasteiger partial charge in [0.2, 0.25) is 5.91 Å². The number of ether oxygens (including phenoxy) is 1. The topological polar surface area (TPSA) is 87.8 Å². The summed E-state index contributed by atoms with van der Waals surface area (Å²) in [7, 11) is 1.99. The van der Waals surface area contributed by atoms with Gasteiger partial charge < -0.3 is 24.6 Å². The standard InChI is InChI=1S/C18H31N3O4/c1-19-9-6-4-2-3-5-7-11-24-17-12-16(25-20-17)13-18(23)21-10-8-15(22)14-21/h12,15,19,22H,2-11,13-14H2,1H3. The van der Waals surface area contributed by atoms with Gasteiger partial charge in [0.1, 0.15) is 5.76 Å². The molecule has 1 aromatic rings. The molecule has 0 aliphatic carbocycles. The van der Waals surface area contributed by atoms with Crippen molar-refractivity contribution in [2.45, 2.75) is 57.5 Å². The molecule has 7 heteroatoms. The number of rotatable bonds is 12. The summed E-state index contributed by atoms with van der Waals surface area (Å²) in [4.78, 5) is 13.7. The Hall–Kier alpha value is -1.60. The molecule has 1 aliphatic heterocycles. The van der Waals surface area contributed by atoms with Crippen LogP contribution in [-0.2, 0) is 11.2 Å². The maximum absolute atomic E-state index is 12.1. The molecule has 0 saturated carbocycles. The summed E-state index contributed by atoms with van der Waals surface area (Å²) in [5.74, 6) is 0.904. The van der Waals surface area contributed by atoms with Crippen molar-refractivity contribution in [1.29, 1.82) is 0 Å². The lowest BCUT2D eigenvalue weighted by Gasteiger charge is -2.13. The van der Waals surface area contributed by atoms with Gasteiger partial charge in [0, 0.05) is 19.2 Å². The maximum atomic E-state index is 12.1. The van der Waals surface area contributed by atoms with Crippen LogP contribution >= 0.6 is 0 Å². The van der Waals surface area contributed by atoms with E-state index in [0.717, 1.165) is 19.4 Å². The van der Waals surface area contributed by atoms with E-state index < -0.39 is 6.10 Å².